The average molecular weight is 263 g/mol. The van der Waals surface area contributed by atoms with Gasteiger partial charge in [-0.3, -0.25) is 0 Å². The number of rotatable bonds is 3. The van der Waals surface area contributed by atoms with E-state index < -0.39 is 0 Å². The molecule has 2 rings (SSSR count). The highest BCUT2D eigenvalue weighted by Crippen LogP contribution is 2.28. The Morgan fingerprint density at radius 2 is 1.94 bits per heavy atom. The molecule has 1 aromatic carbocycles. The highest BCUT2D eigenvalue weighted by Gasteiger charge is 2.10. The molecule has 1 heterocycles. The Balaban J connectivity index is 2.34. The molecule has 0 aliphatic heterocycles. The molecule has 0 unspecified atom stereocenters. The summed E-state index contributed by atoms with van der Waals surface area (Å²) in [7, 11) is 0. The lowest BCUT2D eigenvalue weighted by molar-refractivity contribution is 0.454. The fourth-order valence-corrected chi connectivity index (χ4v) is 1.91. The average Bonchev–Trinajstić information content (AvgIpc) is 2.34. The van der Waals surface area contributed by atoms with Crippen LogP contribution in [0.15, 0.2) is 24.5 Å². The molecular weight excluding hydrogens is 248 g/mol. The first-order valence-corrected chi connectivity index (χ1v) is 6.24. The van der Waals surface area contributed by atoms with Gasteiger partial charge in [0.15, 0.2) is 0 Å². The van der Waals surface area contributed by atoms with Gasteiger partial charge in [-0.05, 0) is 43.5 Å². The van der Waals surface area contributed by atoms with E-state index in [4.69, 9.17) is 16.3 Å². The molecule has 4 heteroatoms. The minimum Gasteiger partial charge on any atom is -0.439 e. The van der Waals surface area contributed by atoms with E-state index in [-0.39, 0.29) is 0 Å². The zero-order valence-corrected chi connectivity index (χ0v) is 11.5. The van der Waals surface area contributed by atoms with Crippen LogP contribution in [0.3, 0.4) is 0 Å². The molecule has 0 amide bonds. The topological polar surface area (TPSA) is 35.0 Å². The normalized spacial score (nSPS) is 10.4. The standard InChI is InChI=1S/C14H15ClN2O/c1-4-12-13(15)16-8-17-14(12)18-11-6-5-9(2)10(3)7-11/h5-8H,4H2,1-3H3. The van der Waals surface area contributed by atoms with Crippen LogP contribution >= 0.6 is 11.6 Å². The van der Waals surface area contributed by atoms with Crippen molar-refractivity contribution in [2.75, 3.05) is 0 Å². The Bertz CT molecular complexity index is 570. The number of aryl methyl sites for hydroxylation is 2. The third-order valence-corrected chi connectivity index (χ3v) is 3.23. The predicted molar refractivity (Wildman–Crippen MR) is 72.4 cm³/mol. The number of nitrogens with zero attached hydrogens (tertiary/aromatic N) is 2. The van der Waals surface area contributed by atoms with E-state index in [2.05, 4.69) is 23.8 Å². The van der Waals surface area contributed by atoms with E-state index in [0.29, 0.717) is 11.0 Å². The summed E-state index contributed by atoms with van der Waals surface area (Å²) in [5.74, 6) is 1.29. The summed E-state index contributed by atoms with van der Waals surface area (Å²) in [5.41, 5.74) is 3.25. The largest absolute Gasteiger partial charge is 0.439 e. The van der Waals surface area contributed by atoms with Crippen molar-refractivity contribution in [1.82, 2.24) is 9.97 Å². The number of hydrogen-bond donors (Lipinski definition) is 0. The van der Waals surface area contributed by atoms with Gasteiger partial charge < -0.3 is 4.74 Å². The summed E-state index contributed by atoms with van der Waals surface area (Å²) in [6.45, 7) is 6.12. The third kappa shape index (κ3) is 2.62. The number of aromatic nitrogens is 2. The SMILES string of the molecule is CCc1c(Cl)ncnc1Oc1ccc(C)c(C)c1. The first kappa shape index (κ1) is 12.8. The first-order valence-electron chi connectivity index (χ1n) is 5.86. The van der Waals surface area contributed by atoms with Crippen molar-refractivity contribution in [3.63, 3.8) is 0 Å². The molecule has 0 aliphatic carbocycles. The lowest BCUT2D eigenvalue weighted by atomic mass is 10.1. The molecular formula is C14H15ClN2O. The van der Waals surface area contributed by atoms with Crippen molar-refractivity contribution < 1.29 is 4.74 Å². The van der Waals surface area contributed by atoms with Crippen LogP contribution in [-0.2, 0) is 6.42 Å². The molecule has 18 heavy (non-hydrogen) atoms. The maximum absolute atomic E-state index is 6.02. The van der Waals surface area contributed by atoms with Gasteiger partial charge >= 0.3 is 0 Å². The molecule has 0 bridgehead atoms. The quantitative estimate of drug-likeness (QED) is 0.781. The molecule has 0 aliphatic rings. The van der Waals surface area contributed by atoms with Gasteiger partial charge in [-0.15, -0.1) is 0 Å². The van der Waals surface area contributed by atoms with Gasteiger partial charge in [0.25, 0.3) is 0 Å². The number of halogens is 1. The van der Waals surface area contributed by atoms with E-state index in [0.717, 1.165) is 17.7 Å². The van der Waals surface area contributed by atoms with Gasteiger partial charge in [-0.1, -0.05) is 24.6 Å². The van der Waals surface area contributed by atoms with E-state index in [1.54, 1.807) is 0 Å². The van der Waals surface area contributed by atoms with Gasteiger partial charge in [0.05, 0.1) is 5.56 Å². The molecule has 94 valence electrons. The fourth-order valence-electron chi connectivity index (χ4n) is 1.65. The highest BCUT2D eigenvalue weighted by molar-refractivity contribution is 6.30. The summed E-state index contributed by atoms with van der Waals surface area (Å²) in [4.78, 5) is 8.10. The monoisotopic (exact) mass is 262 g/mol. The molecule has 3 nitrogen and oxygen atoms in total. The Morgan fingerprint density at radius 3 is 2.61 bits per heavy atom. The van der Waals surface area contributed by atoms with Crippen molar-refractivity contribution in [3.05, 3.63) is 46.4 Å². The van der Waals surface area contributed by atoms with Crippen molar-refractivity contribution >= 4 is 11.6 Å². The second-order valence-corrected chi connectivity index (χ2v) is 4.51. The number of ether oxygens (including phenoxy) is 1. The molecule has 0 N–H and O–H groups in total. The van der Waals surface area contributed by atoms with E-state index in [9.17, 15) is 0 Å². The Labute approximate surface area is 112 Å². The summed E-state index contributed by atoms with van der Waals surface area (Å²) in [6, 6.07) is 5.95. The predicted octanol–water partition coefficient (Wildman–Crippen LogP) is 4.10. The van der Waals surface area contributed by atoms with E-state index >= 15 is 0 Å². The van der Waals surface area contributed by atoms with Crippen LogP contribution in [0.1, 0.15) is 23.6 Å². The Kier molecular flexibility index (Phi) is 3.82. The minimum absolute atomic E-state index is 0.450. The zero-order chi connectivity index (χ0) is 13.1. The molecule has 0 saturated carbocycles. The minimum atomic E-state index is 0.450. The van der Waals surface area contributed by atoms with Crippen LogP contribution in [-0.4, -0.2) is 9.97 Å². The van der Waals surface area contributed by atoms with Crippen molar-refractivity contribution in [2.24, 2.45) is 0 Å². The van der Waals surface area contributed by atoms with Gasteiger partial charge in [0.2, 0.25) is 5.88 Å². The van der Waals surface area contributed by atoms with Gasteiger partial charge in [-0.2, -0.15) is 0 Å². The maximum atomic E-state index is 6.02. The van der Waals surface area contributed by atoms with Crippen molar-refractivity contribution in [1.29, 1.82) is 0 Å². The summed E-state index contributed by atoms with van der Waals surface area (Å²) in [6.07, 6.45) is 2.15. The van der Waals surface area contributed by atoms with Gasteiger partial charge in [0, 0.05) is 0 Å². The molecule has 2 aromatic rings. The number of benzene rings is 1. The van der Waals surface area contributed by atoms with Gasteiger partial charge in [0.1, 0.15) is 17.2 Å². The van der Waals surface area contributed by atoms with Crippen molar-refractivity contribution in [2.45, 2.75) is 27.2 Å². The smallest absolute Gasteiger partial charge is 0.226 e. The van der Waals surface area contributed by atoms with Crippen LogP contribution in [0.5, 0.6) is 11.6 Å². The first-order chi connectivity index (χ1) is 8.61. The lowest BCUT2D eigenvalue weighted by Crippen LogP contribution is -1.97. The third-order valence-electron chi connectivity index (χ3n) is 2.90. The Morgan fingerprint density at radius 1 is 1.17 bits per heavy atom. The van der Waals surface area contributed by atoms with Crippen LogP contribution in [0.2, 0.25) is 5.15 Å². The molecule has 1 aromatic heterocycles. The van der Waals surface area contributed by atoms with Crippen LogP contribution < -0.4 is 4.74 Å². The van der Waals surface area contributed by atoms with E-state index in [1.807, 2.05) is 25.1 Å². The number of hydrogen-bond acceptors (Lipinski definition) is 3. The van der Waals surface area contributed by atoms with E-state index in [1.165, 1.54) is 17.5 Å². The Hall–Kier alpha value is -1.61. The summed E-state index contributed by atoms with van der Waals surface area (Å²) >= 11 is 6.02. The summed E-state index contributed by atoms with van der Waals surface area (Å²) < 4.78 is 5.78. The lowest BCUT2D eigenvalue weighted by Gasteiger charge is -2.10. The van der Waals surface area contributed by atoms with Crippen molar-refractivity contribution in [3.8, 4) is 11.6 Å². The highest BCUT2D eigenvalue weighted by atomic mass is 35.5. The fraction of sp³-hybridized carbons (Fsp3) is 0.286. The summed E-state index contributed by atoms with van der Waals surface area (Å²) in [5, 5.41) is 0.450. The molecule has 0 radical (unpaired) electrons. The van der Waals surface area contributed by atoms with Crippen LogP contribution in [0.4, 0.5) is 0 Å². The zero-order valence-electron chi connectivity index (χ0n) is 10.7. The second-order valence-electron chi connectivity index (χ2n) is 4.15. The second kappa shape index (κ2) is 5.36. The molecule has 0 fully saturated rings. The molecule has 0 atom stereocenters. The van der Waals surface area contributed by atoms with Crippen LogP contribution in [0.25, 0.3) is 0 Å². The molecule has 0 saturated heterocycles. The molecule has 0 spiro atoms. The maximum Gasteiger partial charge on any atom is 0.226 e. The van der Waals surface area contributed by atoms with Gasteiger partial charge in [-0.25, -0.2) is 9.97 Å². The van der Waals surface area contributed by atoms with Crippen LogP contribution in [0, 0.1) is 13.8 Å².